The highest BCUT2D eigenvalue weighted by atomic mass is 19.3. The highest BCUT2D eigenvalue weighted by Crippen LogP contribution is 2.39. The molecule has 1 saturated carbocycles. The molecule has 1 aromatic carbocycles. The fourth-order valence-electron chi connectivity index (χ4n) is 3.35. The molecule has 2 atom stereocenters. The standard InChI is InChI=1S/C16H22F2N2/c17-16(18)12-5-3-4-11(10-12)15-14(19)6-1-2-9-20(15)13-7-8-13/h3-5,10,13-16H,1-2,6-9,19H2. The summed E-state index contributed by atoms with van der Waals surface area (Å²) in [4.78, 5) is 2.46. The van der Waals surface area contributed by atoms with Crippen LogP contribution < -0.4 is 5.73 Å². The number of nitrogens with two attached hydrogens (primary N) is 1. The van der Waals surface area contributed by atoms with Crippen LogP contribution in [-0.4, -0.2) is 23.5 Å². The lowest BCUT2D eigenvalue weighted by Gasteiger charge is -2.34. The van der Waals surface area contributed by atoms with Gasteiger partial charge in [-0.05, 0) is 43.9 Å². The lowest BCUT2D eigenvalue weighted by atomic mass is 9.95. The summed E-state index contributed by atoms with van der Waals surface area (Å²) in [6.07, 6.45) is 3.30. The summed E-state index contributed by atoms with van der Waals surface area (Å²) in [6.45, 7) is 1.04. The number of alkyl halides is 2. The van der Waals surface area contributed by atoms with Gasteiger partial charge in [-0.3, -0.25) is 4.90 Å². The largest absolute Gasteiger partial charge is 0.326 e. The zero-order chi connectivity index (χ0) is 14.1. The fraction of sp³-hybridized carbons (Fsp3) is 0.625. The van der Waals surface area contributed by atoms with Gasteiger partial charge >= 0.3 is 0 Å². The van der Waals surface area contributed by atoms with E-state index in [0.717, 1.165) is 31.4 Å². The smallest absolute Gasteiger partial charge is 0.263 e. The Morgan fingerprint density at radius 2 is 1.95 bits per heavy atom. The summed E-state index contributed by atoms with van der Waals surface area (Å²) in [6, 6.07) is 7.60. The Kier molecular flexibility index (Phi) is 4.03. The maximum absolute atomic E-state index is 12.9. The van der Waals surface area contributed by atoms with Crippen LogP contribution in [0.25, 0.3) is 0 Å². The van der Waals surface area contributed by atoms with E-state index in [1.807, 2.05) is 6.07 Å². The van der Waals surface area contributed by atoms with Crippen molar-refractivity contribution in [2.75, 3.05) is 6.54 Å². The van der Waals surface area contributed by atoms with E-state index >= 15 is 0 Å². The molecule has 0 aromatic heterocycles. The third-order valence-electron chi connectivity index (χ3n) is 4.49. The van der Waals surface area contributed by atoms with Crippen molar-refractivity contribution in [3.63, 3.8) is 0 Å². The van der Waals surface area contributed by atoms with Crippen LogP contribution in [0, 0.1) is 0 Å². The topological polar surface area (TPSA) is 29.3 Å². The lowest BCUT2D eigenvalue weighted by molar-refractivity contribution is 0.150. The molecule has 0 spiro atoms. The van der Waals surface area contributed by atoms with Gasteiger partial charge in [-0.2, -0.15) is 0 Å². The van der Waals surface area contributed by atoms with Crippen LogP contribution >= 0.6 is 0 Å². The van der Waals surface area contributed by atoms with Crippen LogP contribution in [0.15, 0.2) is 24.3 Å². The first kappa shape index (κ1) is 14.0. The third-order valence-corrected chi connectivity index (χ3v) is 4.49. The molecule has 0 radical (unpaired) electrons. The second-order valence-electron chi connectivity index (χ2n) is 6.04. The Bertz CT molecular complexity index is 460. The molecule has 2 aliphatic rings. The van der Waals surface area contributed by atoms with Crippen LogP contribution in [0.3, 0.4) is 0 Å². The van der Waals surface area contributed by atoms with Gasteiger partial charge in [0.25, 0.3) is 6.43 Å². The van der Waals surface area contributed by atoms with E-state index < -0.39 is 6.43 Å². The maximum atomic E-state index is 12.9. The number of likely N-dealkylation sites (tertiary alicyclic amines) is 1. The van der Waals surface area contributed by atoms with E-state index in [0.29, 0.717) is 6.04 Å². The van der Waals surface area contributed by atoms with E-state index in [1.54, 1.807) is 12.1 Å². The van der Waals surface area contributed by atoms with Crippen LogP contribution in [0.2, 0.25) is 0 Å². The zero-order valence-electron chi connectivity index (χ0n) is 11.6. The average Bonchev–Trinajstić information content (AvgIpc) is 3.25. The molecular weight excluding hydrogens is 258 g/mol. The van der Waals surface area contributed by atoms with Gasteiger partial charge in [0.1, 0.15) is 0 Å². The van der Waals surface area contributed by atoms with Gasteiger partial charge in [0.05, 0.1) is 6.04 Å². The van der Waals surface area contributed by atoms with Gasteiger partial charge in [0.15, 0.2) is 0 Å². The van der Waals surface area contributed by atoms with E-state index in [1.165, 1.54) is 18.9 Å². The maximum Gasteiger partial charge on any atom is 0.263 e. The van der Waals surface area contributed by atoms with Crippen LogP contribution in [0.1, 0.15) is 55.7 Å². The van der Waals surface area contributed by atoms with Gasteiger partial charge in [-0.15, -0.1) is 0 Å². The van der Waals surface area contributed by atoms with Crippen LogP contribution in [0.5, 0.6) is 0 Å². The molecule has 2 nitrogen and oxygen atoms in total. The van der Waals surface area contributed by atoms with Crippen molar-refractivity contribution in [1.29, 1.82) is 0 Å². The number of hydrogen-bond donors (Lipinski definition) is 1. The van der Waals surface area contributed by atoms with E-state index in [2.05, 4.69) is 4.90 Å². The van der Waals surface area contributed by atoms with E-state index in [4.69, 9.17) is 5.73 Å². The predicted octanol–water partition coefficient (Wildman–Crippen LogP) is 3.64. The van der Waals surface area contributed by atoms with Crippen molar-refractivity contribution in [1.82, 2.24) is 4.90 Å². The average molecular weight is 280 g/mol. The molecule has 2 fully saturated rings. The number of benzene rings is 1. The molecule has 1 saturated heterocycles. The lowest BCUT2D eigenvalue weighted by Crippen LogP contribution is -2.41. The summed E-state index contributed by atoms with van der Waals surface area (Å²) < 4.78 is 25.8. The van der Waals surface area contributed by atoms with Gasteiger partial charge in [0.2, 0.25) is 0 Å². The number of nitrogens with zero attached hydrogens (tertiary/aromatic N) is 1. The molecule has 110 valence electrons. The molecule has 4 heteroatoms. The Morgan fingerprint density at radius 3 is 2.65 bits per heavy atom. The first-order valence-electron chi connectivity index (χ1n) is 7.56. The van der Waals surface area contributed by atoms with Gasteiger partial charge in [0, 0.05) is 17.6 Å². The molecule has 3 rings (SSSR count). The second-order valence-corrected chi connectivity index (χ2v) is 6.04. The summed E-state index contributed by atoms with van der Waals surface area (Å²) in [5, 5.41) is 0. The molecule has 1 aromatic rings. The third kappa shape index (κ3) is 2.86. The van der Waals surface area contributed by atoms with Crippen molar-refractivity contribution in [2.24, 2.45) is 5.73 Å². The summed E-state index contributed by atoms with van der Waals surface area (Å²) in [5.74, 6) is 0. The first-order valence-corrected chi connectivity index (χ1v) is 7.56. The van der Waals surface area contributed by atoms with Crippen molar-refractivity contribution in [3.8, 4) is 0 Å². The molecule has 1 heterocycles. The van der Waals surface area contributed by atoms with Crippen molar-refractivity contribution in [2.45, 2.75) is 56.7 Å². The minimum atomic E-state index is -2.41. The van der Waals surface area contributed by atoms with E-state index in [-0.39, 0.29) is 17.6 Å². The van der Waals surface area contributed by atoms with Crippen LogP contribution in [-0.2, 0) is 0 Å². The summed E-state index contributed by atoms with van der Waals surface area (Å²) in [7, 11) is 0. The molecule has 20 heavy (non-hydrogen) atoms. The summed E-state index contributed by atoms with van der Waals surface area (Å²) in [5.41, 5.74) is 7.43. The normalized spacial score (nSPS) is 28.6. The Balaban J connectivity index is 1.92. The minimum absolute atomic E-state index is 0.0472. The van der Waals surface area contributed by atoms with Crippen molar-refractivity contribution < 1.29 is 8.78 Å². The first-order chi connectivity index (χ1) is 9.66. The number of hydrogen-bond acceptors (Lipinski definition) is 2. The van der Waals surface area contributed by atoms with E-state index in [9.17, 15) is 8.78 Å². The predicted molar refractivity (Wildman–Crippen MR) is 75.7 cm³/mol. The van der Waals surface area contributed by atoms with Crippen molar-refractivity contribution in [3.05, 3.63) is 35.4 Å². The number of rotatable bonds is 3. The highest BCUT2D eigenvalue weighted by Gasteiger charge is 2.38. The Hall–Kier alpha value is -1.00. The highest BCUT2D eigenvalue weighted by molar-refractivity contribution is 5.28. The quantitative estimate of drug-likeness (QED) is 0.916. The monoisotopic (exact) mass is 280 g/mol. The Labute approximate surface area is 118 Å². The molecule has 0 amide bonds. The van der Waals surface area contributed by atoms with Crippen molar-refractivity contribution >= 4 is 0 Å². The van der Waals surface area contributed by atoms with Gasteiger partial charge in [-0.1, -0.05) is 24.6 Å². The molecule has 2 unspecified atom stereocenters. The molecule has 1 aliphatic heterocycles. The zero-order valence-corrected chi connectivity index (χ0v) is 11.6. The van der Waals surface area contributed by atoms with Gasteiger partial charge in [-0.25, -0.2) is 8.78 Å². The molecular formula is C16H22F2N2. The molecule has 1 aliphatic carbocycles. The Morgan fingerprint density at radius 1 is 1.15 bits per heavy atom. The molecule has 2 N–H and O–H groups in total. The number of halogens is 2. The van der Waals surface area contributed by atoms with Gasteiger partial charge < -0.3 is 5.73 Å². The SMILES string of the molecule is NC1CCCCN(C2CC2)C1c1cccc(C(F)F)c1. The fourth-order valence-corrected chi connectivity index (χ4v) is 3.35. The second kappa shape index (κ2) is 5.78. The summed E-state index contributed by atoms with van der Waals surface area (Å²) >= 11 is 0. The molecule has 0 bridgehead atoms. The van der Waals surface area contributed by atoms with Crippen LogP contribution in [0.4, 0.5) is 8.78 Å². The minimum Gasteiger partial charge on any atom is -0.326 e.